The van der Waals surface area contributed by atoms with E-state index in [1.54, 1.807) is 24.4 Å². The summed E-state index contributed by atoms with van der Waals surface area (Å²) >= 11 is 0. The zero-order valence-corrected chi connectivity index (χ0v) is 14.0. The smallest absolute Gasteiger partial charge is 0.274 e. The van der Waals surface area contributed by atoms with Crippen LogP contribution >= 0.6 is 0 Å². The highest BCUT2D eigenvalue weighted by Gasteiger charge is 2.09. The van der Waals surface area contributed by atoms with Crippen LogP contribution in [0.3, 0.4) is 0 Å². The van der Waals surface area contributed by atoms with Crippen molar-refractivity contribution in [3.63, 3.8) is 0 Å². The third kappa shape index (κ3) is 4.41. The first-order valence-electron chi connectivity index (χ1n) is 7.88. The molecule has 2 N–H and O–H groups in total. The standard InChI is InChI=1S/C20H18FN3O/c1-13-8-14(2)10-18(9-13)23-17-6-7-22-19(12-17)20(25)24-16-5-3-4-15(21)11-16/h3-12H,1-2H3,(H,22,23)(H,24,25). The van der Waals surface area contributed by atoms with Gasteiger partial charge < -0.3 is 10.6 Å². The molecule has 1 aromatic heterocycles. The molecule has 0 fully saturated rings. The molecule has 3 aromatic rings. The molecule has 0 atom stereocenters. The normalized spacial score (nSPS) is 10.4. The zero-order chi connectivity index (χ0) is 17.8. The van der Waals surface area contributed by atoms with Crippen LogP contribution in [0.1, 0.15) is 21.6 Å². The van der Waals surface area contributed by atoms with Crippen LogP contribution in [0.5, 0.6) is 0 Å². The molecule has 0 aliphatic rings. The topological polar surface area (TPSA) is 54.0 Å². The predicted molar refractivity (Wildman–Crippen MR) is 97.8 cm³/mol. The monoisotopic (exact) mass is 335 g/mol. The molecule has 3 rings (SSSR count). The van der Waals surface area contributed by atoms with Crippen molar-refractivity contribution in [2.75, 3.05) is 10.6 Å². The van der Waals surface area contributed by atoms with Crippen LogP contribution in [0.4, 0.5) is 21.5 Å². The Morgan fingerprint density at radius 1 is 0.920 bits per heavy atom. The lowest BCUT2D eigenvalue weighted by Crippen LogP contribution is -2.13. The molecule has 126 valence electrons. The Hall–Kier alpha value is -3.21. The number of aryl methyl sites for hydroxylation is 2. The quantitative estimate of drug-likeness (QED) is 0.718. The highest BCUT2D eigenvalue weighted by Crippen LogP contribution is 2.20. The highest BCUT2D eigenvalue weighted by atomic mass is 19.1. The molecule has 0 unspecified atom stereocenters. The molecular formula is C20H18FN3O. The second kappa shape index (κ2) is 7.13. The molecule has 2 aromatic carbocycles. The van der Waals surface area contributed by atoms with Crippen molar-refractivity contribution in [2.24, 2.45) is 0 Å². The second-order valence-electron chi connectivity index (χ2n) is 5.90. The SMILES string of the molecule is Cc1cc(C)cc(Nc2ccnc(C(=O)Nc3cccc(F)c3)c2)c1. The Balaban J connectivity index is 1.77. The van der Waals surface area contributed by atoms with E-state index >= 15 is 0 Å². The molecular weight excluding hydrogens is 317 g/mol. The summed E-state index contributed by atoms with van der Waals surface area (Å²) in [4.78, 5) is 16.4. The fraction of sp³-hybridized carbons (Fsp3) is 0.100. The van der Waals surface area contributed by atoms with Gasteiger partial charge in [-0.1, -0.05) is 12.1 Å². The Bertz CT molecular complexity index is 904. The van der Waals surface area contributed by atoms with E-state index < -0.39 is 11.7 Å². The van der Waals surface area contributed by atoms with Gasteiger partial charge in [0.15, 0.2) is 0 Å². The Morgan fingerprint density at radius 2 is 1.68 bits per heavy atom. The minimum Gasteiger partial charge on any atom is -0.355 e. The maximum Gasteiger partial charge on any atom is 0.274 e. The van der Waals surface area contributed by atoms with Crippen LogP contribution < -0.4 is 10.6 Å². The van der Waals surface area contributed by atoms with Crippen molar-refractivity contribution < 1.29 is 9.18 Å². The first-order valence-corrected chi connectivity index (χ1v) is 7.88. The van der Waals surface area contributed by atoms with E-state index in [0.717, 1.165) is 22.5 Å². The van der Waals surface area contributed by atoms with Gasteiger partial charge in [-0.2, -0.15) is 0 Å². The first-order chi connectivity index (χ1) is 12.0. The number of carbonyl (C=O) groups is 1. The van der Waals surface area contributed by atoms with Gasteiger partial charge in [-0.05, 0) is 67.4 Å². The van der Waals surface area contributed by atoms with Gasteiger partial charge >= 0.3 is 0 Å². The van der Waals surface area contributed by atoms with Crippen molar-refractivity contribution >= 4 is 23.0 Å². The van der Waals surface area contributed by atoms with Gasteiger partial charge in [-0.25, -0.2) is 4.39 Å². The number of carbonyl (C=O) groups excluding carboxylic acids is 1. The van der Waals surface area contributed by atoms with Crippen molar-refractivity contribution in [1.29, 1.82) is 0 Å². The zero-order valence-electron chi connectivity index (χ0n) is 14.0. The number of rotatable bonds is 4. The Kier molecular flexibility index (Phi) is 4.75. The molecule has 4 nitrogen and oxygen atoms in total. The number of amides is 1. The predicted octanol–water partition coefficient (Wildman–Crippen LogP) is 4.83. The van der Waals surface area contributed by atoms with Gasteiger partial charge in [0.05, 0.1) is 0 Å². The minimum atomic E-state index is -0.406. The summed E-state index contributed by atoms with van der Waals surface area (Å²) in [6, 6.07) is 15.3. The molecule has 5 heteroatoms. The number of anilines is 3. The summed E-state index contributed by atoms with van der Waals surface area (Å²) in [5.74, 6) is -0.800. The summed E-state index contributed by atoms with van der Waals surface area (Å²) in [5, 5.41) is 5.91. The van der Waals surface area contributed by atoms with E-state index in [4.69, 9.17) is 0 Å². The van der Waals surface area contributed by atoms with E-state index in [0.29, 0.717) is 5.69 Å². The molecule has 0 bridgehead atoms. The van der Waals surface area contributed by atoms with Gasteiger partial charge in [-0.3, -0.25) is 9.78 Å². The van der Waals surface area contributed by atoms with E-state index in [-0.39, 0.29) is 5.69 Å². The van der Waals surface area contributed by atoms with Crippen molar-refractivity contribution in [3.8, 4) is 0 Å². The molecule has 1 amide bonds. The van der Waals surface area contributed by atoms with E-state index in [1.165, 1.54) is 18.2 Å². The van der Waals surface area contributed by atoms with E-state index in [9.17, 15) is 9.18 Å². The molecule has 0 aliphatic heterocycles. The summed E-state index contributed by atoms with van der Waals surface area (Å²) in [6.45, 7) is 4.06. The lowest BCUT2D eigenvalue weighted by molar-refractivity contribution is 0.102. The fourth-order valence-corrected chi connectivity index (χ4v) is 2.61. The molecule has 0 spiro atoms. The number of halogens is 1. The maximum absolute atomic E-state index is 13.2. The summed E-state index contributed by atoms with van der Waals surface area (Å²) < 4.78 is 13.2. The molecule has 1 heterocycles. The van der Waals surface area contributed by atoms with E-state index in [2.05, 4.69) is 21.7 Å². The Morgan fingerprint density at radius 3 is 2.40 bits per heavy atom. The van der Waals surface area contributed by atoms with Crippen molar-refractivity contribution in [3.05, 3.63) is 83.4 Å². The number of nitrogens with one attached hydrogen (secondary N) is 2. The van der Waals surface area contributed by atoms with Crippen LogP contribution in [0.2, 0.25) is 0 Å². The number of pyridine rings is 1. The van der Waals surface area contributed by atoms with Crippen molar-refractivity contribution in [1.82, 2.24) is 4.98 Å². The summed E-state index contributed by atoms with van der Waals surface area (Å²) in [6.07, 6.45) is 1.56. The average molecular weight is 335 g/mol. The number of nitrogens with zero attached hydrogens (tertiary/aromatic N) is 1. The van der Waals surface area contributed by atoms with Crippen LogP contribution in [0.25, 0.3) is 0 Å². The lowest BCUT2D eigenvalue weighted by Gasteiger charge is -2.10. The lowest BCUT2D eigenvalue weighted by atomic mass is 10.1. The summed E-state index contributed by atoms with van der Waals surface area (Å²) in [5.41, 5.74) is 4.64. The number of hydrogen-bond acceptors (Lipinski definition) is 3. The fourth-order valence-electron chi connectivity index (χ4n) is 2.61. The first kappa shape index (κ1) is 16.6. The molecule has 0 aliphatic carbocycles. The van der Waals surface area contributed by atoms with Gasteiger partial charge in [0.2, 0.25) is 0 Å². The maximum atomic E-state index is 13.2. The number of hydrogen-bond donors (Lipinski definition) is 2. The van der Waals surface area contributed by atoms with E-state index in [1.807, 2.05) is 26.0 Å². The average Bonchev–Trinajstić information content (AvgIpc) is 2.54. The summed E-state index contributed by atoms with van der Waals surface area (Å²) in [7, 11) is 0. The Labute approximate surface area is 145 Å². The highest BCUT2D eigenvalue weighted by molar-refractivity contribution is 6.03. The van der Waals surface area contributed by atoms with Crippen LogP contribution in [0.15, 0.2) is 60.8 Å². The minimum absolute atomic E-state index is 0.249. The molecule has 0 saturated heterocycles. The van der Waals surface area contributed by atoms with Gasteiger partial charge in [-0.15, -0.1) is 0 Å². The van der Waals surface area contributed by atoms with Gasteiger partial charge in [0.1, 0.15) is 11.5 Å². The van der Waals surface area contributed by atoms with Crippen LogP contribution in [-0.2, 0) is 0 Å². The van der Waals surface area contributed by atoms with Gasteiger partial charge in [0, 0.05) is 23.3 Å². The third-order valence-corrected chi connectivity index (χ3v) is 3.59. The van der Waals surface area contributed by atoms with Crippen LogP contribution in [0, 0.1) is 19.7 Å². The van der Waals surface area contributed by atoms with Gasteiger partial charge in [0.25, 0.3) is 5.91 Å². The second-order valence-corrected chi connectivity index (χ2v) is 5.90. The van der Waals surface area contributed by atoms with Crippen molar-refractivity contribution in [2.45, 2.75) is 13.8 Å². The molecule has 0 radical (unpaired) electrons. The molecule has 0 saturated carbocycles. The third-order valence-electron chi connectivity index (χ3n) is 3.59. The number of aromatic nitrogens is 1. The van der Waals surface area contributed by atoms with Crippen LogP contribution in [-0.4, -0.2) is 10.9 Å². The molecule has 25 heavy (non-hydrogen) atoms. The largest absolute Gasteiger partial charge is 0.355 e. The number of benzene rings is 2.